The van der Waals surface area contributed by atoms with Crippen molar-refractivity contribution in [1.29, 1.82) is 0 Å². The lowest BCUT2D eigenvalue weighted by atomic mass is 9.94. The first kappa shape index (κ1) is 21.8. The molecule has 31 heavy (non-hydrogen) atoms. The molecule has 0 aliphatic heterocycles. The Hall–Kier alpha value is -2.43. The van der Waals surface area contributed by atoms with Crippen LogP contribution in [0.25, 0.3) is 16.8 Å². The highest BCUT2D eigenvalue weighted by atomic mass is 32.3. The van der Waals surface area contributed by atoms with Crippen LogP contribution in [0.15, 0.2) is 46.6 Å². The number of nitrogens with zero attached hydrogens (tertiary/aromatic N) is 3. The third-order valence-corrected chi connectivity index (χ3v) is 7.53. The van der Waals surface area contributed by atoms with Gasteiger partial charge in [0.2, 0.25) is 5.92 Å². The van der Waals surface area contributed by atoms with Crippen molar-refractivity contribution in [3.05, 3.63) is 47.3 Å². The fraction of sp³-hybridized carbons (Fsp3) is 0.429. The highest BCUT2D eigenvalue weighted by Gasteiger charge is 2.36. The Morgan fingerprint density at radius 3 is 2.68 bits per heavy atom. The second-order valence-corrected chi connectivity index (χ2v) is 10.2. The van der Waals surface area contributed by atoms with Crippen LogP contribution in [-0.2, 0) is 7.05 Å². The number of rotatable bonds is 5. The van der Waals surface area contributed by atoms with E-state index in [2.05, 4.69) is 4.98 Å². The molecule has 0 amide bonds. The first-order valence-electron chi connectivity index (χ1n) is 10.1. The Labute approximate surface area is 179 Å². The van der Waals surface area contributed by atoms with E-state index in [4.69, 9.17) is 4.74 Å². The van der Waals surface area contributed by atoms with E-state index in [0.29, 0.717) is 27.4 Å². The molecule has 2 heterocycles. The maximum absolute atomic E-state index is 13.6. The number of imidazole rings is 1. The van der Waals surface area contributed by atoms with Gasteiger partial charge >= 0.3 is 0 Å². The number of alkyl halides is 2. The number of fused-ring (bicyclic) bond motifs is 1. The van der Waals surface area contributed by atoms with E-state index in [9.17, 15) is 22.7 Å². The van der Waals surface area contributed by atoms with Gasteiger partial charge < -0.3 is 9.30 Å². The number of ether oxygens (including phenoxy) is 1. The van der Waals surface area contributed by atoms with Gasteiger partial charge in [0, 0.05) is 37.4 Å². The van der Waals surface area contributed by atoms with Crippen LogP contribution in [0.5, 0.6) is 5.75 Å². The summed E-state index contributed by atoms with van der Waals surface area (Å²) in [7, 11) is -1.38. The fourth-order valence-corrected chi connectivity index (χ4v) is 4.75. The first-order valence-corrected chi connectivity index (χ1v) is 11.8. The minimum absolute atomic E-state index is 0.151. The largest absolute Gasteiger partial charge is 0.490 e. The van der Waals surface area contributed by atoms with Gasteiger partial charge in [0.1, 0.15) is 11.3 Å². The molecule has 1 aliphatic rings. The van der Waals surface area contributed by atoms with Crippen molar-refractivity contribution in [3.63, 3.8) is 0 Å². The maximum atomic E-state index is 13.6. The Kier molecular flexibility index (Phi) is 5.57. The lowest BCUT2D eigenvalue weighted by molar-refractivity contribution is -0.0581. The molecule has 0 radical (unpaired) electrons. The van der Waals surface area contributed by atoms with Gasteiger partial charge in [-0.2, -0.15) is 10.6 Å². The van der Waals surface area contributed by atoms with Crippen LogP contribution >= 0.6 is 10.6 Å². The lowest BCUT2D eigenvalue weighted by Gasteiger charge is -2.32. The summed E-state index contributed by atoms with van der Waals surface area (Å²) in [5.41, 5.74) is 1.23. The van der Waals surface area contributed by atoms with Gasteiger partial charge in [-0.1, -0.05) is 0 Å². The zero-order chi connectivity index (χ0) is 22.4. The summed E-state index contributed by atoms with van der Waals surface area (Å²) in [5, 5.41) is 0. The number of hydrogen-bond acceptors (Lipinski definition) is 5. The Bertz CT molecular complexity index is 1170. The number of aromatic nitrogens is 3. The van der Waals surface area contributed by atoms with Crippen molar-refractivity contribution in [2.75, 3.05) is 5.75 Å². The van der Waals surface area contributed by atoms with E-state index in [1.54, 1.807) is 42.8 Å². The third-order valence-electron chi connectivity index (χ3n) is 5.72. The molecule has 7 nitrogen and oxygen atoms in total. The first-order chi connectivity index (χ1) is 14.6. The quantitative estimate of drug-likeness (QED) is 0.580. The van der Waals surface area contributed by atoms with Gasteiger partial charge in [-0.05, 0) is 38.0 Å². The normalized spacial score (nSPS) is 17.7. The van der Waals surface area contributed by atoms with Crippen molar-refractivity contribution in [3.8, 4) is 17.0 Å². The van der Waals surface area contributed by atoms with Crippen LogP contribution in [0.1, 0.15) is 32.6 Å². The van der Waals surface area contributed by atoms with E-state index in [1.807, 2.05) is 0 Å². The topological polar surface area (TPSA) is 89.0 Å². The molecule has 0 unspecified atom stereocenters. The van der Waals surface area contributed by atoms with Crippen molar-refractivity contribution < 1.29 is 22.6 Å². The Morgan fingerprint density at radius 2 is 2.00 bits per heavy atom. The van der Waals surface area contributed by atoms with Crippen molar-refractivity contribution in [1.82, 2.24) is 14.0 Å². The monoisotopic (exact) mass is 453 g/mol. The van der Waals surface area contributed by atoms with Gasteiger partial charge in [0.05, 0.1) is 29.2 Å². The van der Waals surface area contributed by atoms with Crippen LogP contribution in [0, 0.1) is 0 Å². The third kappa shape index (κ3) is 4.19. The van der Waals surface area contributed by atoms with Crippen LogP contribution in [0.4, 0.5) is 8.78 Å². The Balaban J connectivity index is 1.83. The summed E-state index contributed by atoms with van der Waals surface area (Å²) in [6.07, 6.45) is 4.20. The second-order valence-electron chi connectivity index (χ2n) is 7.87. The predicted octanol–water partition coefficient (Wildman–Crippen LogP) is 4.79. The maximum Gasteiger partial charge on any atom is 0.276 e. The molecule has 2 N–H and O–H groups in total. The van der Waals surface area contributed by atoms with Crippen LogP contribution in [-0.4, -0.2) is 40.8 Å². The minimum Gasteiger partial charge on any atom is -0.490 e. The van der Waals surface area contributed by atoms with E-state index in [1.165, 1.54) is 17.1 Å². The molecule has 0 atom stereocenters. The minimum atomic E-state index is -3.00. The van der Waals surface area contributed by atoms with Crippen molar-refractivity contribution >= 4 is 16.1 Å². The summed E-state index contributed by atoms with van der Waals surface area (Å²) < 4.78 is 57.2. The van der Waals surface area contributed by atoms with Gasteiger partial charge in [-0.3, -0.25) is 18.3 Å². The van der Waals surface area contributed by atoms with E-state index < -0.39 is 16.5 Å². The molecule has 1 fully saturated rings. The zero-order valence-electron chi connectivity index (χ0n) is 17.3. The number of hydrogen-bond donors (Lipinski definition) is 2. The van der Waals surface area contributed by atoms with E-state index in [-0.39, 0.29) is 43.1 Å². The van der Waals surface area contributed by atoms with Gasteiger partial charge in [-0.25, -0.2) is 13.8 Å². The molecule has 0 spiro atoms. The summed E-state index contributed by atoms with van der Waals surface area (Å²) in [6.45, 7) is 1.68. The summed E-state index contributed by atoms with van der Waals surface area (Å²) in [5.74, 6) is -2.08. The SMILES string of the molecule is CCS(O)(O)c1ccc(OC2CCC(F)(F)CC2)c(-c2cn(C)c(=O)c3cncn23)c1. The summed E-state index contributed by atoms with van der Waals surface area (Å²) in [6, 6.07) is 4.85. The lowest BCUT2D eigenvalue weighted by Crippen LogP contribution is -2.30. The van der Waals surface area contributed by atoms with Crippen LogP contribution in [0.3, 0.4) is 0 Å². The molecule has 2 aromatic heterocycles. The fourth-order valence-electron chi connectivity index (χ4n) is 3.82. The average Bonchev–Trinajstić information content (AvgIpc) is 3.23. The molecule has 3 aromatic rings. The molecule has 168 valence electrons. The standard InChI is InChI=1S/C21H25F2N3O4S/c1-3-31(28,29)15-4-5-19(30-14-6-8-21(22,23)9-7-14)16(10-15)18-12-25(2)20(27)17-11-24-13-26(17)18/h4-5,10-14,28-29H,3,6-9H2,1-2H3. The molecular weight excluding hydrogens is 428 g/mol. The van der Waals surface area contributed by atoms with Gasteiger partial charge in [-0.15, -0.1) is 0 Å². The summed E-state index contributed by atoms with van der Waals surface area (Å²) in [4.78, 5) is 16.8. The average molecular weight is 454 g/mol. The summed E-state index contributed by atoms with van der Waals surface area (Å²) >= 11 is 0. The number of benzene rings is 1. The Morgan fingerprint density at radius 1 is 1.29 bits per heavy atom. The number of halogens is 2. The highest BCUT2D eigenvalue weighted by Crippen LogP contribution is 2.50. The van der Waals surface area contributed by atoms with Crippen LogP contribution < -0.4 is 10.3 Å². The van der Waals surface area contributed by atoms with Crippen LogP contribution in [0.2, 0.25) is 0 Å². The molecule has 10 heteroatoms. The van der Waals surface area contributed by atoms with E-state index >= 15 is 0 Å². The molecule has 4 rings (SSSR count). The van der Waals surface area contributed by atoms with Gasteiger partial charge in [0.15, 0.2) is 0 Å². The predicted molar refractivity (Wildman–Crippen MR) is 115 cm³/mol. The van der Waals surface area contributed by atoms with Crippen molar-refractivity contribution in [2.24, 2.45) is 7.05 Å². The van der Waals surface area contributed by atoms with Gasteiger partial charge in [0.25, 0.3) is 5.56 Å². The zero-order valence-corrected chi connectivity index (χ0v) is 18.1. The molecule has 0 saturated heterocycles. The molecule has 1 aromatic carbocycles. The van der Waals surface area contributed by atoms with Crippen molar-refractivity contribution in [2.45, 2.75) is 49.5 Å². The van der Waals surface area contributed by atoms with E-state index in [0.717, 1.165) is 0 Å². The molecular formula is C21H25F2N3O4S. The molecule has 1 saturated carbocycles. The molecule has 1 aliphatic carbocycles. The smallest absolute Gasteiger partial charge is 0.276 e. The molecule has 0 bridgehead atoms. The highest BCUT2D eigenvalue weighted by molar-refractivity contribution is 8.24. The second kappa shape index (κ2) is 7.92. The number of aryl methyl sites for hydroxylation is 1.